The number of aryl methyl sites for hydroxylation is 1. The first-order valence-corrected chi connectivity index (χ1v) is 10.2. The highest BCUT2D eigenvalue weighted by atomic mass is 32.1. The molecule has 2 aromatic heterocycles. The van der Waals surface area contributed by atoms with Crippen LogP contribution in [0, 0.1) is 0 Å². The lowest BCUT2D eigenvalue weighted by Gasteiger charge is -2.13. The van der Waals surface area contributed by atoms with Crippen molar-refractivity contribution in [1.82, 2.24) is 20.6 Å². The summed E-state index contributed by atoms with van der Waals surface area (Å²) >= 11 is 1.74. The van der Waals surface area contributed by atoms with Crippen molar-refractivity contribution in [3.8, 4) is 0 Å². The number of benzene rings is 1. The van der Waals surface area contributed by atoms with Gasteiger partial charge in [-0.25, -0.2) is 4.98 Å². The van der Waals surface area contributed by atoms with E-state index >= 15 is 0 Å². The predicted molar refractivity (Wildman–Crippen MR) is 111 cm³/mol. The van der Waals surface area contributed by atoms with Crippen molar-refractivity contribution in [2.45, 2.75) is 32.6 Å². The summed E-state index contributed by atoms with van der Waals surface area (Å²) in [6.45, 7) is 6.83. The van der Waals surface area contributed by atoms with E-state index in [2.05, 4.69) is 57.3 Å². The molecule has 2 heterocycles. The molecule has 26 heavy (non-hydrogen) atoms. The summed E-state index contributed by atoms with van der Waals surface area (Å²) in [6.07, 6.45) is 1.93. The molecule has 5 nitrogen and oxygen atoms in total. The zero-order valence-corrected chi connectivity index (χ0v) is 16.3. The molecule has 6 heteroatoms. The second kappa shape index (κ2) is 9.38. The number of nitrogens with zero attached hydrogens (tertiary/aromatic N) is 2. The van der Waals surface area contributed by atoms with Gasteiger partial charge in [0.15, 0.2) is 5.96 Å². The summed E-state index contributed by atoms with van der Waals surface area (Å²) in [6, 6.07) is 10.3. The van der Waals surface area contributed by atoms with Crippen LogP contribution in [0.5, 0.6) is 0 Å². The Bertz CT molecular complexity index is 789. The molecule has 0 aliphatic heterocycles. The van der Waals surface area contributed by atoms with Crippen LogP contribution in [0.2, 0.25) is 0 Å². The van der Waals surface area contributed by atoms with Gasteiger partial charge >= 0.3 is 0 Å². The van der Waals surface area contributed by atoms with Crippen molar-refractivity contribution in [3.05, 3.63) is 52.5 Å². The Labute approximate surface area is 159 Å². The molecule has 0 aliphatic rings. The van der Waals surface area contributed by atoms with E-state index in [4.69, 9.17) is 4.99 Å². The summed E-state index contributed by atoms with van der Waals surface area (Å²) < 4.78 is 0. The highest BCUT2D eigenvalue weighted by Gasteiger charge is 2.06. The number of nitrogens with one attached hydrogen (secondary N) is 3. The lowest BCUT2D eigenvalue weighted by atomic mass is 10.1. The number of hydrogen-bond donors (Lipinski definition) is 3. The van der Waals surface area contributed by atoms with E-state index in [9.17, 15) is 0 Å². The Kier molecular flexibility index (Phi) is 6.66. The van der Waals surface area contributed by atoms with E-state index in [0.717, 1.165) is 55.3 Å². The van der Waals surface area contributed by atoms with Gasteiger partial charge in [0, 0.05) is 32.0 Å². The Morgan fingerprint density at radius 2 is 2.15 bits per heavy atom. The summed E-state index contributed by atoms with van der Waals surface area (Å²) in [4.78, 5) is 12.7. The highest BCUT2D eigenvalue weighted by molar-refractivity contribution is 7.07. The molecule has 0 saturated heterocycles. The third-order valence-electron chi connectivity index (χ3n) is 4.30. The van der Waals surface area contributed by atoms with Crippen molar-refractivity contribution in [1.29, 1.82) is 0 Å². The summed E-state index contributed by atoms with van der Waals surface area (Å²) in [5.41, 5.74) is 3.50. The van der Waals surface area contributed by atoms with Crippen LogP contribution < -0.4 is 10.6 Å². The van der Waals surface area contributed by atoms with Crippen LogP contribution >= 0.6 is 11.3 Å². The molecule has 0 radical (unpaired) electrons. The lowest BCUT2D eigenvalue weighted by Crippen LogP contribution is -2.38. The fourth-order valence-electron chi connectivity index (χ4n) is 2.82. The minimum Gasteiger partial charge on any atom is -0.357 e. The van der Waals surface area contributed by atoms with Crippen LogP contribution in [0.25, 0.3) is 11.0 Å². The first-order valence-electron chi connectivity index (χ1n) is 9.24. The summed E-state index contributed by atoms with van der Waals surface area (Å²) in [5.74, 6) is 2.37. The number of aromatic nitrogens is 2. The molecule has 0 saturated carbocycles. The zero-order chi connectivity index (χ0) is 18.2. The molecular formula is C20H27N5S. The van der Waals surface area contributed by atoms with Crippen LogP contribution in [0.15, 0.2) is 46.1 Å². The van der Waals surface area contributed by atoms with Crippen molar-refractivity contribution in [2.75, 3.05) is 19.6 Å². The number of aromatic amines is 1. The van der Waals surface area contributed by atoms with E-state index in [1.54, 1.807) is 11.3 Å². The number of H-pyrrole nitrogens is 1. The molecule has 3 rings (SSSR count). The van der Waals surface area contributed by atoms with Gasteiger partial charge in [-0.15, -0.1) is 0 Å². The minimum absolute atomic E-state index is 0.437. The molecule has 0 aliphatic carbocycles. The van der Waals surface area contributed by atoms with E-state index < -0.39 is 0 Å². The number of para-hydroxylation sites is 2. The molecule has 0 spiro atoms. The molecule has 0 bridgehead atoms. The number of hydrogen-bond acceptors (Lipinski definition) is 3. The molecule has 0 fully saturated rings. The van der Waals surface area contributed by atoms with E-state index in [0.29, 0.717) is 5.92 Å². The van der Waals surface area contributed by atoms with Crippen LogP contribution in [0.1, 0.15) is 37.6 Å². The molecule has 1 aromatic carbocycles. The smallest absolute Gasteiger partial charge is 0.191 e. The van der Waals surface area contributed by atoms with Crippen LogP contribution in [-0.2, 0) is 6.42 Å². The molecule has 138 valence electrons. The molecule has 3 N–H and O–H groups in total. The number of aliphatic imine (C=N–C) groups is 1. The van der Waals surface area contributed by atoms with Gasteiger partial charge in [-0.05, 0) is 47.9 Å². The number of imidazole rings is 1. The average Bonchev–Trinajstić information content (AvgIpc) is 3.32. The maximum absolute atomic E-state index is 4.72. The molecule has 3 aromatic rings. The Morgan fingerprint density at radius 3 is 2.92 bits per heavy atom. The highest BCUT2D eigenvalue weighted by Crippen LogP contribution is 2.18. The summed E-state index contributed by atoms with van der Waals surface area (Å²) in [7, 11) is 0. The fraction of sp³-hybridized carbons (Fsp3) is 0.400. The van der Waals surface area contributed by atoms with Gasteiger partial charge in [0.25, 0.3) is 0 Å². The molecule has 0 amide bonds. The quantitative estimate of drug-likeness (QED) is 0.320. The SMILES string of the molecule is CCNC(=NCC(C)c1ccsc1)NCCCc1nc2ccccc2[nH]1. The van der Waals surface area contributed by atoms with Gasteiger partial charge in [-0.2, -0.15) is 11.3 Å². The van der Waals surface area contributed by atoms with E-state index in [1.165, 1.54) is 5.56 Å². The number of guanidine groups is 1. The monoisotopic (exact) mass is 369 g/mol. The Morgan fingerprint density at radius 1 is 1.27 bits per heavy atom. The van der Waals surface area contributed by atoms with Gasteiger partial charge in [0.2, 0.25) is 0 Å². The predicted octanol–water partition coefficient (Wildman–Crippen LogP) is 3.92. The topological polar surface area (TPSA) is 65.1 Å². The maximum atomic E-state index is 4.72. The third-order valence-corrected chi connectivity index (χ3v) is 5.00. The molecular weight excluding hydrogens is 342 g/mol. The minimum atomic E-state index is 0.437. The first-order chi connectivity index (χ1) is 12.8. The standard InChI is InChI=1S/C20H27N5S/c1-3-21-20(23-13-15(2)16-10-12-26-14-16)22-11-6-9-19-24-17-7-4-5-8-18(17)25-19/h4-5,7-8,10,12,14-15H,3,6,9,11,13H2,1-2H3,(H,24,25)(H2,21,22,23). The van der Waals surface area contributed by atoms with Gasteiger partial charge in [-0.3, -0.25) is 4.99 Å². The van der Waals surface area contributed by atoms with Gasteiger partial charge < -0.3 is 15.6 Å². The largest absolute Gasteiger partial charge is 0.357 e. The van der Waals surface area contributed by atoms with Crippen LogP contribution in [0.3, 0.4) is 0 Å². The average molecular weight is 370 g/mol. The van der Waals surface area contributed by atoms with Gasteiger partial charge in [0.1, 0.15) is 5.82 Å². The first kappa shape index (κ1) is 18.5. The van der Waals surface area contributed by atoms with Crippen molar-refractivity contribution in [3.63, 3.8) is 0 Å². The summed E-state index contributed by atoms with van der Waals surface area (Å²) in [5, 5.41) is 11.1. The normalized spacial score (nSPS) is 13.1. The number of rotatable bonds is 8. The van der Waals surface area contributed by atoms with Gasteiger partial charge in [-0.1, -0.05) is 19.1 Å². The third kappa shape index (κ3) is 5.08. The zero-order valence-electron chi connectivity index (χ0n) is 15.5. The second-order valence-electron chi connectivity index (χ2n) is 6.41. The maximum Gasteiger partial charge on any atom is 0.191 e. The second-order valence-corrected chi connectivity index (χ2v) is 7.19. The van der Waals surface area contributed by atoms with Crippen molar-refractivity contribution in [2.24, 2.45) is 4.99 Å². The van der Waals surface area contributed by atoms with Crippen LogP contribution in [-0.4, -0.2) is 35.6 Å². The van der Waals surface area contributed by atoms with Gasteiger partial charge in [0.05, 0.1) is 11.0 Å². The lowest BCUT2D eigenvalue weighted by molar-refractivity contribution is 0.715. The van der Waals surface area contributed by atoms with E-state index in [-0.39, 0.29) is 0 Å². The Balaban J connectivity index is 1.46. The Hall–Kier alpha value is -2.34. The van der Waals surface area contributed by atoms with Crippen LogP contribution in [0.4, 0.5) is 0 Å². The number of thiophene rings is 1. The van der Waals surface area contributed by atoms with Crippen molar-refractivity contribution >= 4 is 28.3 Å². The fourth-order valence-corrected chi connectivity index (χ4v) is 3.60. The molecule has 1 unspecified atom stereocenters. The van der Waals surface area contributed by atoms with Crippen molar-refractivity contribution < 1.29 is 0 Å². The molecule has 1 atom stereocenters. The number of fused-ring (bicyclic) bond motifs is 1. The van der Waals surface area contributed by atoms with E-state index in [1.807, 2.05) is 18.2 Å².